The van der Waals surface area contributed by atoms with Crippen molar-refractivity contribution >= 4 is 69.7 Å². The van der Waals surface area contributed by atoms with Crippen LogP contribution in [0.4, 0.5) is 5.69 Å². The number of benzene rings is 1. The van der Waals surface area contributed by atoms with Crippen LogP contribution in [0.25, 0.3) is 0 Å². The second-order valence-corrected chi connectivity index (χ2v) is 6.01. The summed E-state index contributed by atoms with van der Waals surface area (Å²) in [5.74, 6) is -1.86. The molecule has 5 nitrogen and oxygen atoms in total. The number of nitro benzene ring substituents is 1. The summed E-state index contributed by atoms with van der Waals surface area (Å²) in [7, 11) is 0. The van der Waals surface area contributed by atoms with Crippen LogP contribution < -0.4 is 4.74 Å². The molecule has 0 aromatic heterocycles. The molecule has 0 aliphatic rings. The molecule has 0 aliphatic carbocycles. The molecule has 0 radical (unpaired) electrons. The zero-order chi connectivity index (χ0) is 14.1. The highest BCUT2D eigenvalue weighted by atomic mass is 35.6. The number of esters is 1. The van der Waals surface area contributed by atoms with E-state index >= 15 is 0 Å². The fourth-order valence-electron chi connectivity index (χ4n) is 0.934. The van der Waals surface area contributed by atoms with E-state index in [1.165, 1.54) is 0 Å². The third kappa shape index (κ3) is 3.76. The molecule has 0 aliphatic heterocycles. The van der Waals surface area contributed by atoms with Gasteiger partial charge in [-0.1, -0.05) is 58.0 Å². The van der Waals surface area contributed by atoms with E-state index in [-0.39, 0.29) is 10.0 Å². The number of nitrogens with zero attached hydrogens (tertiary/aromatic N) is 1. The number of hydrogen-bond donors (Lipinski definition) is 0. The van der Waals surface area contributed by atoms with Crippen molar-refractivity contribution in [3.63, 3.8) is 0 Å². The number of halogens is 5. The number of hydrogen-bond acceptors (Lipinski definition) is 4. The van der Waals surface area contributed by atoms with E-state index in [2.05, 4.69) is 4.74 Å². The van der Waals surface area contributed by atoms with Gasteiger partial charge in [-0.2, -0.15) is 0 Å². The molecule has 0 bridgehead atoms. The Bertz CT molecular complexity index is 513. The Morgan fingerprint density at radius 3 is 2.28 bits per heavy atom. The number of nitro groups is 1. The number of carbonyl (C=O) groups excluding carboxylic acids is 1. The van der Waals surface area contributed by atoms with E-state index in [0.717, 1.165) is 12.1 Å². The molecule has 0 amide bonds. The second-order valence-electron chi connectivity index (χ2n) is 2.88. The van der Waals surface area contributed by atoms with Crippen molar-refractivity contribution in [1.82, 2.24) is 0 Å². The van der Waals surface area contributed by atoms with Gasteiger partial charge in [0, 0.05) is 11.1 Å². The first-order chi connectivity index (χ1) is 8.12. The maximum atomic E-state index is 11.3. The second kappa shape index (κ2) is 5.67. The number of ether oxygens (including phenoxy) is 1. The van der Waals surface area contributed by atoms with Crippen LogP contribution in [0.3, 0.4) is 0 Å². The maximum Gasteiger partial charge on any atom is 0.364 e. The van der Waals surface area contributed by atoms with E-state index < -0.39 is 26.1 Å². The van der Waals surface area contributed by atoms with Crippen molar-refractivity contribution in [2.24, 2.45) is 0 Å². The summed E-state index contributed by atoms with van der Waals surface area (Å²) in [6, 6.07) is 2.10. The van der Waals surface area contributed by atoms with Crippen LogP contribution in [0, 0.1) is 10.1 Å². The molecule has 1 rings (SSSR count). The smallest absolute Gasteiger partial charge is 0.364 e. The fraction of sp³-hybridized carbons (Fsp3) is 0.125. The Hall–Kier alpha value is -0.460. The lowest BCUT2D eigenvalue weighted by molar-refractivity contribution is -0.385. The molecule has 98 valence electrons. The van der Waals surface area contributed by atoms with E-state index in [9.17, 15) is 14.9 Å². The van der Waals surface area contributed by atoms with Crippen molar-refractivity contribution in [3.05, 3.63) is 32.3 Å². The van der Waals surface area contributed by atoms with Gasteiger partial charge >= 0.3 is 11.7 Å². The third-order valence-corrected chi connectivity index (χ3v) is 2.57. The maximum absolute atomic E-state index is 11.3. The topological polar surface area (TPSA) is 69.4 Å². The lowest BCUT2D eigenvalue weighted by Gasteiger charge is -2.11. The Labute approximate surface area is 126 Å². The molecule has 0 saturated heterocycles. The van der Waals surface area contributed by atoms with E-state index in [0.29, 0.717) is 0 Å². The van der Waals surface area contributed by atoms with Crippen LogP contribution >= 0.6 is 58.0 Å². The summed E-state index contributed by atoms with van der Waals surface area (Å²) in [6.07, 6.45) is 0. The number of alkyl halides is 3. The quantitative estimate of drug-likeness (QED) is 0.263. The van der Waals surface area contributed by atoms with Gasteiger partial charge in [0.05, 0.1) is 9.95 Å². The summed E-state index contributed by atoms with van der Waals surface area (Å²) >= 11 is 27.1. The van der Waals surface area contributed by atoms with E-state index in [4.69, 9.17) is 58.0 Å². The first-order valence-corrected chi connectivity index (χ1v) is 5.94. The molecule has 18 heavy (non-hydrogen) atoms. The molecular formula is C8H2Cl5NO4. The largest absolute Gasteiger partial charge is 0.414 e. The van der Waals surface area contributed by atoms with Gasteiger partial charge in [0.25, 0.3) is 3.79 Å². The van der Waals surface area contributed by atoms with Crippen LogP contribution in [0.5, 0.6) is 5.75 Å². The average Bonchev–Trinajstić information content (AvgIpc) is 2.19. The van der Waals surface area contributed by atoms with Gasteiger partial charge in [0.2, 0.25) is 5.75 Å². The Morgan fingerprint density at radius 1 is 1.28 bits per heavy atom. The normalized spacial score (nSPS) is 11.2. The molecule has 0 heterocycles. The first-order valence-electron chi connectivity index (χ1n) is 4.05. The molecule has 10 heteroatoms. The molecule has 1 aromatic carbocycles. The predicted molar refractivity (Wildman–Crippen MR) is 69.0 cm³/mol. The van der Waals surface area contributed by atoms with Crippen LogP contribution in [-0.4, -0.2) is 14.7 Å². The lowest BCUT2D eigenvalue weighted by atomic mass is 10.3. The van der Waals surface area contributed by atoms with Crippen molar-refractivity contribution in [3.8, 4) is 5.75 Å². The molecule has 0 N–H and O–H groups in total. The van der Waals surface area contributed by atoms with Crippen LogP contribution in [-0.2, 0) is 4.79 Å². The summed E-state index contributed by atoms with van der Waals surface area (Å²) < 4.78 is 2.21. The minimum atomic E-state index is -2.38. The van der Waals surface area contributed by atoms with Crippen molar-refractivity contribution in [2.45, 2.75) is 3.79 Å². The van der Waals surface area contributed by atoms with Gasteiger partial charge in [0.15, 0.2) is 0 Å². The third-order valence-electron chi connectivity index (χ3n) is 1.61. The standard InChI is InChI=1S/C8H2Cl5NO4/c9-3-1-4(10)6(5(2-3)14(16)17)18-7(15)8(11,12)13/h1-2H. The fourth-order valence-corrected chi connectivity index (χ4v) is 1.57. The van der Waals surface area contributed by atoms with Gasteiger partial charge in [-0.15, -0.1) is 0 Å². The van der Waals surface area contributed by atoms with Crippen molar-refractivity contribution in [1.29, 1.82) is 0 Å². The molecule has 0 atom stereocenters. The summed E-state index contributed by atoms with van der Waals surface area (Å²) in [4.78, 5) is 21.2. The zero-order valence-electron chi connectivity index (χ0n) is 8.12. The van der Waals surface area contributed by atoms with Gasteiger partial charge in [0.1, 0.15) is 0 Å². The highest BCUT2D eigenvalue weighted by molar-refractivity contribution is 6.75. The minimum Gasteiger partial charge on any atom is -0.414 e. The zero-order valence-corrected chi connectivity index (χ0v) is 11.9. The molecule has 0 saturated carbocycles. The summed E-state index contributed by atoms with van der Waals surface area (Å²) in [5.41, 5.74) is -0.616. The van der Waals surface area contributed by atoms with E-state index in [1.54, 1.807) is 0 Å². The molecular weight excluding hydrogens is 351 g/mol. The predicted octanol–water partition coefficient (Wildman–Crippen LogP) is 4.18. The lowest BCUT2D eigenvalue weighted by Crippen LogP contribution is -2.25. The van der Waals surface area contributed by atoms with Crippen LogP contribution in [0.2, 0.25) is 10.0 Å². The summed E-state index contributed by atoms with van der Waals surface area (Å²) in [5, 5.41) is 10.5. The average molecular weight is 353 g/mol. The van der Waals surface area contributed by atoms with Crippen LogP contribution in [0.15, 0.2) is 12.1 Å². The Kier molecular flexibility index (Phi) is 4.91. The molecule has 0 unspecified atom stereocenters. The van der Waals surface area contributed by atoms with Gasteiger partial charge in [-0.3, -0.25) is 10.1 Å². The Morgan fingerprint density at radius 2 is 1.83 bits per heavy atom. The first kappa shape index (κ1) is 15.6. The van der Waals surface area contributed by atoms with Crippen molar-refractivity contribution in [2.75, 3.05) is 0 Å². The van der Waals surface area contributed by atoms with Crippen LogP contribution in [0.1, 0.15) is 0 Å². The number of carbonyl (C=O) groups is 1. The molecule has 0 spiro atoms. The van der Waals surface area contributed by atoms with Crippen molar-refractivity contribution < 1.29 is 14.5 Å². The molecule has 1 aromatic rings. The highest BCUT2D eigenvalue weighted by Gasteiger charge is 2.35. The summed E-state index contributed by atoms with van der Waals surface area (Å²) in [6.45, 7) is 0. The SMILES string of the molecule is O=C(Oc1c(Cl)cc(Cl)cc1[N+](=O)[O-])C(Cl)(Cl)Cl. The van der Waals surface area contributed by atoms with Gasteiger partial charge in [-0.05, 0) is 6.07 Å². The molecule has 0 fully saturated rings. The van der Waals surface area contributed by atoms with Gasteiger partial charge in [-0.25, -0.2) is 4.79 Å². The highest BCUT2D eigenvalue weighted by Crippen LogP contribution is 2.39. The Balaban J connectivity index is 3.24. The van der Waals surface area contributed by atoms with Gasteiger partial charge < -0.3 is 4.74 Å². The number of rotatable bonds is 2. The minimum absolute atomic E-state index is 0.000354. The van der Waals surface area contributed by atoms with E-state index in [1.807, 2.05) is 0 Å². The monoisotopic (exact) mass is 351 g/mol.